The molecule has 8 nitrogen and oxygen atoms in total. The number of methoxy groups -OCH3 is 1. The van der Waals surface area contributed by atoms with Crippen molar-refractivity contribution in [3.8, 4) is 17.2 Å². The quantitative estimate of drug-likeness (QED) is 0.293. The molecule has 4 rings (SSSR count). The summed E-state index contributed by atoms with van der Waals surface area (Å²) in [5, 5.41) is 5.48. The molecule has 1 amide bonds. The molecule has 0 radical (unpaired) electrons. The number of rotatable bonds is 8. The van der Waals surface area contributed by atoms with Crippen molar-refractivity contribution in [3.63, 3.8) is 0 Å². The number of pyridine rings is 1. The van der Waals surface area contributed by atoms with Crippen molar-refractivity contribution in [2.75, 3.05) is 7.11 Å². The van der Waals surface area contributed by atoms with Gasteiger partial charge in [0.15, 0.2) is 0 Å². The molecular weight excluding hydrogens is 527 g/mol. The molecule has 10 heteroatoms. The predicted molar refractivity (Wildman–Crippen MR) is 148 cm³/mol. The number of aryl methyl sites for hydroxylation is 1. The van der Waals surface area contributed by atoms with Gasteiger partial charge in [0.25, 0.3) is 5.91 Å². The van der Waals surface area contributed by atoms with Crippen LogP contribution in [0.15, 0.2) is 42.6 Å². The minimum Gasteiger partial charge on any atom is -0.496 e. The highest BCUT2D eigenvalue weighted by Crippen LogP contribution is 2.40. The zero-order valence-corrected chi connectivity index (χ0v) is 23.3. The van der Waals surface area contributed by atoms with Crippen molar-refractivity contribution >= 4 is 45.8 Å². The first-order chi connectivity index (χ1) is 17.9. The lowest BCUT2D eigenvalue weighted by Gasteiger charge is -2.14. The summed E-state index contributed by atoms with van der Waals surface area (Å²) < 4.78 is 13.1. The Hall–Kier alpha value is -3.62. The lowest BCUT2D eigenvalue weighted by atomic mass is 9.92. The summed E-state index contributed by atoms with van der Waals surface area (Å²) in [6, 6.07) is 10.1. The van der Waals surface area contributed by atoms with Gasteiger partial charge in [-0.05, 0) is 29.8 Å². The highest BCUT2D eigenvalue weighted by Gasteiger charge is 2.21. The van der Waals surface area contributed by atoms with Gasteiger partial charge in [-0.2, -0.15) is 5.10 Å². The molecule has 0 saturated carbocycles. The number of benzene rings is 2. The van der Waals surface area contributed by atoms with Crippen LogP contribution in [0, 0.1) is 0 Å². The molecule has 0 fully saturated rings. The van der Waals surface area contributed by atoms with Gasteiger partial charge < -0.3 is 15.2 Å². The average Bonchev–Trinajstić information content (AvgIpc) is 3.23. The van der Waals surface area contributed by atoms with Crippen LogP contribution in [0.4, 0.5) is 0 Å². The number of nitrogens with zero attached hydrogens (tertiary/aromatic N) is 3. The molecule has 2 heterocycles. The molecule has 38 heavy (non-hydrogen) atoms. The van der Waals surface area contributed by atoms with Crippen LogP contribution in [0.2, 0.25) is 10.0 Å². The van der Waals surface area contributed by atoms with Crippen LogP contribution in [0.1, 0.15) is 48.1 Å². The number of carbonyl (C=O) groups is 2. The van der Waals surface area contributed by atoms with Gasteiger partial charge in [-0.1, -0.05) is 50.0 Å². The number of aromatic nitrogens is 3. The second kappa shape index (κ2) is 10.6. The topological polar surface area (TPSA) is 109 Å². The monoisotopic (exact) mass is 554 g/mol. The van der Waals surface area contributed by atoms with Gasteiger partial charge in [0.1, 0.15) is 28.1 Å². The third-order valence-electron chi connectivity index (χ3n) is 6.15. The zero-order chi connectivity index (χ0) is 27.8. The standard InChI is InChI=1S/C28H28Cl2N4O4/c1-28(2,3)24-12-16(34(4)33-24)11-17(35)10-15-6-7-22(26(30)25(15)29)38-21-8-9-32-20-14-23(37-5)19(27(31)36)13-18(20)21/h6-9,12-14H,10-11H2,1-5H3,(H2,31,36). The van der Waals surface area contributed by atoms with E-state index in [0.717, 1.165) is 11.4 Å². The van der Waals surface area contributed by atoms with E-state index in [2.05, 4.69) is 30.9 Å². The number of Topliss-reactive ketones (excluding diaryl/α,β-unsaturated/α-hetero) is 1. The van der Waals surface area contributed by atoms with E-state index in [0.29, 0.717) is 33.7 Å². The lowest BCUT2D eigenvalue weighted by molar-refractivity contribution is -0.117. The molecule has 0 aliphatic rings. The first-order valence-electron chi connectivity index (χ1n) is 11.9. The number of ether oxygens (including phenoxy) is 2. The number of nitrogens with two attached hydrogens (primary N) is 1. The first-order valence-corrected chi connectivity index (χ1v) is 12.6. The third-order valence-corrected chi connectivity index (χ3v) is 7.05. The van der Waals surface area contributed by atoms with Crippen molar-refractivity contribution < 1.29 is 19.1 Å². The van der Waals surface area contributed by atoms with E-state index >= 15 is 0 Å². The van der Waals surface area contributed by atoms with Gasteiger partial charge >= 0.3 is 0 Å². The molecular formula is C28H28Cl2N4O4. The molecule has 2 N–H and O–H groups in total. The summed E-state index contributed by atoms with van der Waals surface area (Å²) in [4.78, 5) is 29.1. The van der Waals surface area contributed by atoms with Crippen LogP contribution in [0.25, 0.3) is 10.9 Å². The minimum atomic E-state index is -0.644. The second-order valence-corrected chi connectivity index (χ2v) is 10.7. The van der Waals surface area contributed by atoms with E-state index in [1.54, 1.807) is 41.2 Å². The maximum Gasteiger partial charge on any atom is 0.252 e. The van der Waals surface area contributed by atoms with Gasteiger partial charge in [-0.25, -0.2) is 0 Å². The largest absolute Gasteiger partial charge is 0.496 e. The van der Waals surface area contributed by atoms with E-state index in [4.69, 9.17) is 38.4 Å². The number of hydrogen-bond donors (Lipinski definition) is 1. The summed E-state index contributed by atoms with van der Waals surface area (Å²) in [5.41, 5.74) is 8.48. The Morgan fingerprint density at radius 3 is 2.37 bits per heavy atom. The molecule has 0 unspecified atom stereocenters. The fourth-order valence-electron chi connectivity index (χ4n) is 4.02. The van der Waals surface area contributed by atoms with Gasteiger partial charge in [-0.3, -0.25) is 19.3 Å². The fraction of sp³-hybridized carbons (Fsp3) is 0.286. The van der Waals surface area contributed by atoms with Crippen molar-refractivity contribution in [1.82, 2.24) is 14.8 Å². The first kappa shape index (κ1) is 27.4. The smallest absolute Gasteiger partial charge is 0.252 e. The van der Waals surface area contributed by atoms with E-state index in [1.165, 1.54) is 7.11 Å². The lowest BCUT2D eigenvalue weighted by Crippen LogP contribution is -2.12. The van der Waals surface area contributed by atoms with Crippen LogP contribution in [-0.2, 0) is 30.1 Å². The van der Waals surface area contributed by atoms with E-state index in [1.807, 2.05) is 13.1 Å². The Kier molecular flexibility index (Phi) is 7.67. The summed E-state index contributed by atoms with van der Waals surface area (Å²) in [6.07, 6.45) is 1.89. The van der Waals surface area contributed by atoms with Crippen molar-refractivity contribution in [2.45, 2.75) is 39.0 Å². The maximum absolute atomic E-state index is 12.9. The van der Waals surface area contributed by atoms with Gasteiger partial charge in [-0.15, -0.1) is 0 Å². The molecule has 2 aromatic heterocycles. The number of halogens is 2. The molecule has 0 bridgehead atoms. The molecule has 0 aliphatic heterocycles. The SMILES string of the molecule is COc1cc2nccc(Oc3ccc(CC(=O)Cc4cc(C(C)(C)C)nn4C)c(Cl)c3Cl)c2cc1C(N)=O. The summed E-state index contributed by atoms with van der Waals surface area (Å²) >= 11 is 13.1. The van der Waals surface area contributed by atoms with Crippen LogP contribution < -0.4 is 15.2 Å². The highest BCUT2D eigenvalue weighted by atomic mass is 35.5. The van der Waals surface area contributed by atoms with Crippen molar-refractivity contribution in [3.05, 3.63) is 75.2 Å². The fourth-order valence-corrected chi connectivity index (χ4v) is 4.46. The molecule has 2 aromatic carbocycles. The van der Waals surface area contributed by atoms with Crippen LogP contribution in [-0.4, -0.2) is 33.6 Å². The van der Waals surface area contributed by atoms with Gasteiger partial charge in [0.2, 0.25) is 0 Å². The Labute approximate surface area is 230 Å². The number of amides is 1. The third kappa shape index (κ3) is 5.61. The van der Waals surface area contributed by atoms with E-state index < -0.39 is 5.91 Å². The maximum atomic E-state index is 12.9. The molecule has 4 aromatic rings. The van der Waals surface area contributed by atoms with Gasteiger partial charge in [0.05, 0.1) is 28.9 Å². The van der Waals surface area contributed by atoms with Crippen LogP contribution in [0.3, 0.4) is 0 Å². The van der Waals surface area contributed by atoms with Crippen molar-refractivity contribution in [1.29, 1.82) is 0 Å². The Bertz CT molecular complexity index is 1560. The molecule has 0 aliphatic carbocycles. The van der Waals surface area contributed by atoms with Gasteiger partial charge in [0, 0.05) is 48.6 Å². The molecule has 0 spiro atoms. The number of carbonyl (C=O) groups excluding carboxylic acids is 2. The molecule has 0 saturated heterocycles. The summed E-state index contributed by atoms with van der Waals surface area (Å²) in [7, 11) is 3.28. The van der Waals surface area contributed by atoms with E-state index in [-0.39, 0.29) is 39.6 Å². The van der Waals surface area contributed by atoms with Crippen LogP contribution >= 0.6 is 23.2 Å². The minimum absolute atomic E-state index is 0.0202. The number of hydrogen-bond acceptors (Lipinski definition) is 6. The van der Waals surface area contributed by atoms with Crippen LogP contribution in [0.5, 0.6) is 17.2 Å². The number of fused-ring (bicyclic) bond motifs is 1. The summed E-state index contributed by atoms with van der Waals surface area (Å²) in [5.74, 6) is 0.333. The average molecular weight is 555 g/mol. The molecule has 0 atom stereocenters. The van der Waals surface area contributed by atoms with E-state index in [9.17, 15) is 9.59 Å². The highest BCUT2D eigenvalue weighted by molar-refractivity contribution is 6.43. The molecule has 198 valence electrons. The summed E-state index contributed by atoms with van der Waals surface area (Å²) in [6.45, 7) is 6.23. The Balaban J connectivity index is 1.57. The zero-order valence-electron chi connectivity index (χ0n) is 21.8. The normalized spacial score (nSPS) is 11.6. The second-order valence-electron chi connectivity index (χ2n) is 9.98. The number of primary amides is 1. The number of ketones is 1. The predicted octanol–water partition coefficient (Wildman–Crippen LogP) is 5.83. The Morgan fingerprint density at radius 1 is 1.00 bits per heavy atom. The Morgan fingerprint density at radius 2 is 1.74 bits per heavy atom. The van der Waals surface area contributed by atoms with Crippen molar-refractivity contribution in [2.24, 2.45) is 12.8 Å².